The zero-order chi connectivity index (χ0) is 14.1. The minimum absolute atomic E-state index is 1.37. The third-order valence-corrected chi connectivity index (χ3v) is 9.25. The summed E-state index contributed by atoms with van der Waals surface area (Å²) in [5, 5.41) is 0. The van der Waals surface area contributed by atoms with Crippen LogP contribution in [0, 0.1) is 0 Å². The van der Waals surface area contributed by atoms with Gasteiger partial charge < -0.3 is 0 Å². The van der Waals surface area contributed by atoms with Gasteiger partial charge in [-0.2, -0.15) is 0 Å². The van der Waals surface area contributed by atoms with Crippen LogP contribution in [0.4, 0.5) is 0 Å². The number of benzene rings is 3. The molecule has 0 N–H and O–H groups in total. The van der Waals surface area contributed by atoms with Crippen molar-refractivity contribution in [2.24, 2.45) is 0 Å². The number of rotatable bonds is 1. The van der Waals surface area contributed by atoms with Crippen molar-refractivity contribution in [2.75, 3.05) is 0 Å². The topological polar surface area (TPSA) is 0 Å². The number of hydrogen-bond acceptors (Lipinski definition) is 0. The maximum absolute atomic E-state index is 2.31. The second kappa shape index (κ2) is 5.39. The van der Waals surface area contributed by atoms with Crippen molar-refractivity contribution in [1.82, 2.24) is 0 Å². The van der Waals surface area contributed by atoms with Crippen LogP contribution in [-0.2, 0) is 0 Å². The zero-order valence-electron chi connectivity index (χ0n) is 11.6. The molecule has 0 fully saturated rings. The summed E-state index contributed by atoms with van der Waals surface area (Å²) >= 11 is -1.47. The first kappa shape index (κ1) is 12.7. The quantitative estimate of drug-likeness (QED) is 0.471. The van der Waals surface area contributed by atoms with Gasteiger partial charge in [0.25, 0.3) is 0 Å². The summed E-state index contributed by atoms with van der Waals surface area (Å²) in [4.78, 5) is 0. The van der Waals surface area contributed by atoms with Crippen molar-refractivity contribution in [1.29, 1.82) is 0 Å². The van der Waals surface area contributed by atoms with E-state index >= 15 is 0 Å². The van der Waals surface area contributed by atoms with Crippen LogP contribution in [0.1, 0.15) is 11.1 Å². The van der Waals surface area contributed by atoms with Gasteiger partial charge in [-0.3, -0.25) is 0 Å². The van der Waals surface area contributed by atoms with E-state index in [0.717, 1.165) is 0 Å². The van der Waals surface area contributed by atoms with Gasteiger partial charge in [0.05, 0.1) is 0 Å². The predicted octanol–water partition coefficient (Wildman–Crippen LogP) is 2.69. The van der Waals surface area contributed by atoms with Crippen LogP contribution in [0.15, 0.2) is 78.9 Å². The fraction of sp³-hybridized carbons (Fsp3) is 0. The van der Waals surface area contributed by atoms with Crippen LogP contribution in [0.25, 0.3) is 12.2 Å². The first-order valence-electron chi connectivity index (χ1n) is 7.15. The standard InChI is InChI=1S/C20H15As/c1-2-10-18(11-3-1)21-19-12-6-4-8-16(19)14-15-17-9-5-7-13-20(17)21/h1-15H. The summed E-state index contributed by atoms with van der Waals surface area (Å²) in [5.74, 6) is 0. The molecule has 0 saturated carbocycles. The summed E-state index contributed by atoms with van der Waals surface area (Å²) in [7, 11) is 0. The molecule has 4 rings (SSSR count). The Labute approximate surface area is 130 Å². The van der Waals surface area contributed by atoms with Crippen molar-refractivity contribution in [3.05, 3.63) is 90.0 Å². The first-order valence-corrected chi connectivity index (χ1v) is 9.96. The summed E-state index contributed by atoms with van der Waals surface area (Å²) in [6, 6.07) is 28.7. The average molecular weight is 330 g/mol. The van der Waals surface area contributed by atoms with E-state index < -0.39 is 14.7 Å². The molecule has 3 aromatic carbocycles. The molecule has 1 heterocycles. The molecule has 21 heavy (non-hydrogen) atoms. The molecule has 0 nitrogen and oxygen atoms in total. The Morgan fingerprint density at radius 2 is 0.952 bits per heavy atom. The van der Waals surface area contributed by atoms with Crippen molar-refractivity contribution in [3.8, 4) is 0 Å². The van der Waals surface area contributed by atoms with E-state index in [-0.39, 0.29) is 0 Å². The van der Waals surface area contributed by atoms with Gasteiger partial charge in [-0.25, -0.2) is 0 Å². The van der Waals surface area contributed by atoms with Crippen LogP contribution in [0.3, 0.4) is 0 Å². The van der Waals surface area contributed by atoms with Gasteiger partial charge in [0.15, 0.2) is 0 Å². The molecule has 0 saturated heterocycles. The van der Waals surface area contributed by atoms with Crippen LogP contribution in [-0.4, -0.2) is 14.7 Å². The van der Waals surface area contributed by atoms with E-state index in [1.807, 2.05) is 0 Å². The van der Waals surface area contributed by atoms with E-state index in [4.69, 9.17) is 0 Å². The predicted molar refractivity (Wildman–Crippen MR) is 92.9 cm³/mol. The molecule has 1 aliphatic heterocycles. The van der Waals surface area contributed by atoms with Crippen molar-refractivity contribution in [2.45, 2.75) is 0 Å². The van der Waals surface area contributed by atoms with E-state index in [9.17, 15) is 0 Å². The third kappa shape index (κ3) is 2.26. The Kier molecular flexibility index (Phi) is 3.25. The SMILES string of the molecule is C1=Cc2ccccc2[As](c2ccccc2)c2ccccc21. The van der Waals surface area contributed by atoms with E-state index in [2.05, 4.69) is 91.0 Å². The zero-order valence-corrected chi connectivity index (χ0v) is 13.5. The third-order valence-electron chi connectivity index (χ3n) is 3.81. The van der Waals surface area contributed by atoms with Crippen LogP contribution in [0.2, 0.25) is 0 Å². The summed E-state index contributed by atoms with van der Waals surface area (Å²) < 4.78 is 4.54. The summed E-state index contributed by atoms with van der Waals surface area (Å²) in [6.07, 6.45) is 4.54. The van der Waals surface area contributed by atoms with E-state index in [1.165, 1.54) is 24.2 Å². The number of hydrogen-bond donors (Lipinski definition) is 0. The molecule has 1 aliphatic rings. The molecule has 3 aromatic rings. The van der Waals surface area contributed by atoms with Gasteiger partial charge in [-0.15, -0.1) is 0 Å². The molecular weight excluding hydrogens is 315 g/mol. The minimum atomic E-state index is -1.47. The van der Waals surface area contributed by atoms with Crippen LogP contribution < -0.4 is 13.1 Å². The van der Waals surface area contributed by atoms with Crippen LogP contribution >= 0.6 is 0 Å². The first-order chi connectivity index (χ1) is 10.4. The molecule has 0 amide bonds. The second-order valence-corrected chi connectivity index (χ2v) is 9.63. The van der Waals surface area contributed by atoms with Crippen molar-refractivity contribution in [3.63, 3.8) is 0 Å². The Hall–Kier alpha value is -2.04. The van der Waals surface area contributed by atoms with Gasteiger partial charge in [0, 0.05) is 0 Å². The average Bonchev–Trinajstić information content (AvgIpc) is 2.72. The molecular formula is C20H15As. The van der Waals surface area contributed by atoms with E-state index in [1.54, 1.807) is 0 Å². The van der Waals surface area contributed by atoms with Gasteiger partial charge in [-0.05, 0) is 0 Å². The molecule has 0 unspecified atom stereocenters. The molecule has 0 aliphatic carbocycles. The molecule has 0 atom stereocenters. The fourth-order valence-electron chi connectivity index (χ4n) is 2.83. The van der Waals surface area contributed by atoms with Gasteiger partial charge in [0.1, 0.15) is 0 Å². The normalized spacial score (nSPS) is 13.3. The summed E-state index contributed by atoms with van der Waals surface area (Å²) in [5.41, 5.74) is 2.75. The van der Waals surface area contributed by atoms with Crippen molar-refractivity contribution < 1.29 is 0 Å². The number of fused-ring (bicyclic) bond motifs is 2. The Morgan fingerprint density at radius 1 is 0.476 bits per heavy atom. The summed E-state index contributed by atoms with van der Waals surface area (Å²) in [6.45, 7) is 0. The Morgan fingerprint density at radius 3 is 1.52 bits per heavy atom. The van der Waals surface area contributed by atoms with E-state index in [0.29, 0.717) is 0 Å². The fourth-order valence-corrected chi connectivity index (χ4v) is 8.22. The maximum atomic E-state index is 2.31. The van der Waals surface area contributed by atoms with Gasteiger partial charge in [0.2, 0.25) is 0 Å². The van der Waals surface area contributed by atoms with Gasteiger partial charge in [-0.1, -0.05) is 0 Å². The molecule has 0 aromatic heterocycles. The Balaban J connectivity index is 2.02. The molecule has 0 radical (unpaired) electrons. The van der Waals surface area contributed by atoms with Gasteiger partial charge >= 0.3 is 130 Å². The molecule has 100 valence electrons. The monoisotopic (exact) mass is 330 g/mol. The molecule has 1 heteroatoms. The Bertz CT molecular complexity index is 753. The second-order valence-electron chi connectivity index (χ2n) is 5.12. The van der Waals surface area contributed by atoms with Crippen molar-refractivity contribution >= 4 is 39.9 Å². The molecule has 0 spiro atoms. The van der Waals surface area contributed by atoms with Crippen LogP contribution in [0.5, 0.6) is 0 Å². The molecule has 0 bridgehead atoms.